The van der Waals surface area contributed by atoms with Crippen LogP contribution in [0, 0.1) is 6.92 Å². The zero-order chi connectivity index (χ0) is 15.6. The van der Waals surface area contributed by atoms with Crippen LogP contribution >= 0.6 is 35.4 Å². The summed E-state index contributed by atoms with van der Waals surface area (Å²) in [5.41, 5.74) is 2.83. The van der Waals surface area contributed by atoms with Crippen LogP contribution < -0.4 is 10.6 Å². The molecule has 2 rings (SSSR count). The van der Waals surface area contributed by atoms with Crippen LogP contribution in [0.15, 0.2) is 24.4 Å². The Morgan fingerprint density at radius 2 is 1.90 bits per heavy atom. The molecule has 2 N–H and O–H groups in total. The maximum atomic E-state index is 5.96. The van der Waals surface area contributed by atoms with E-state index in [-0.39, 0.29) is 6.04 Å². The highest BCUT2D eigenvalue weighted by Crippen LogP contribution is 2.22. The van der Waals surface area contributed by atoms with Crippen LogP contribution in [0.1, 0.15) is 24.2 Å². The molecule has 0 aliphatic heterocycles. The van der Waals surface area contributed by atoms with E-state index in [1.165, 1.54) is 0 Å². The zero-order valence-electron chi connectivity index (χ0n) is 11.9. The fraction of sp³-hybridized carbons (Fsp3) is 0.286. The normalized spacial score (nSPS) is 12.0. The summed E-state index contributed by atoms with van der Waals surface area (Å²) in [6.07, 6.45) is 1.98. The molecule has 112 valence electrons. The first-order valence-corrected chi connectivity index (χ1v) is 7.55. The maximum absolute atomic E-state index is 5.96. The number of anilines is 1. The highest BCUT2D eigenvalue weighted by molar-refractivity contribution is 7.80. The summed E-state index contributed by atoms with van der Waals surface area (Å²) in [6, 6.07) is 5.25. The van der Waals surface area contributed by atoms with Gasteiger partial charge in [-0.3, -0.25) is 4.68 Å². The maximum Gasteiger partial charge on any atom is 0.171 e. The van der Waals surface area contributed by atoms with Gasteiger partial charge in [0.1, 0.15) is 0 Å². The predicted molar refractivity (Wildman–Crippen MR) is 92.2 cm³/mol. The molecule has 0 bridgehead atoms. The molecule has 1 unspecified atom stereocenters. The molecule has 0 fully saturated rings. The highest BCUT2D eigenvalue weighted by Gasteiger charge is 2.12. The number of rotatable bonds is 3. The van der Waals surface area contributed by atoms with Gasteiger partial charge in [-0.05, 0) is 44.3 Å². The van der Waals surface area contributed by atoms with E-state index in [1.54, 1.807) is 22.9 Å². The van der Waals surface area contributed by atoms with Crippen LogP contribution in [-0.2, 0) is 7.05 Å². The van der Waals surface area contributed by atoms with Crippen LogP contribution in [0.25, 0.3) is 0 Å². The van der Waals surface area contributed by atoms with Gasteiger partial charge in [0, 0.05) is 34.5 Å². The molecule has 0 saturated heterocycles. The van der Waals surface area contributed by atoms with E-state index in [4.69, 9.17) is 35.4 Å². The molecular weight excluding hydrogens is 327 g/mol. The molecule has 1 aromatic carbocycles. The van der Waals surface area contributed by atoms with Gasteiger partial charge in [-0.1, -0.05) is 23.2 Å². The van der Waals surface area contributed by atoms with Crippen molar-refractivity contribution in [3.8, 4) is 0 Å². The summed E-state index contributed by atoms with van der Waals surface area (Å²) < 4.78 is 1.79. The monoisotopic (exact) mass is 342 g/mol. The van der Waals surface area contributed by atoms with E-state index >= 15 is 0 Å². The Bertz CT molecular complexity index is 649. The van der Waals surface area contributed by atoms with Crippen LogP contribution in [0.2, 0.25) is 10.0 Å². The van der Waals surface area contributed by atoms with Gasteiger partial charge >= 0.3 is 0 Å². The molecule has 1 aromatic heterocycles. The second-order valence-corrected chi connectivity index (χ2v) is 6.10. The lowest BCUT2D eigenvalue weighted by atomic mass is 10.1. The lowest BCUT2D eigenvalue weighted by molar-refractivity contribution is 0.715. The number of hydrogen-bond acceptors (Lipinski definition) is 2. The summed E-state index contributed by atoms with van der Waals surface area (Å²) in [5.74, 6) is 0. The highest BCUT2D eigenvalue weighted by atomic mass is 35.5. The van der Waals surface area contributed by atoms with Crippen molar-refractivity contribution in [1.29, 1.82) is 0 Å². The van der Waals surface area contributed by atoms with Crippen molar-refractivity contribution in [2.45, 2.75) is 19.9 Å². The van der Waals surface area contributed by atoms with Gasteiger partial charge < -0.3 is 10.6 Å². The van der Waals surface area contributed by atoms with Crippen molar-refractivity contribution < 1.29 is 0 Å². The minimum absolute atomic E-state index is 0.0494. The second-order valence-electron chi connectivity index (χ2n) is 4.82. The van der Waals surface area contributed by atoms with Crippen LogP contribution in [0.5, 0.6) is 0 Å². The molecular formula is C14H16Cl2N4S. The molecule has 1 atom stereocenters. The molecule has 21 heavy (non-hydrogen) atoms. The van der Waals surface area contributed by atoms with E-state index in [0.29, 0.717) is 15.2 Å². The smallest absolute Gasteiger partial charge is 0.171 e. The average Bonchev–Trinajstić information content (AvgIpc) is 2.66. The summed E-state index contributed by atoms with van der Waals surface area (Å²) in [6.45, 7) is 4.00. The van der Waals surface area contributed by atoms with Gasteiger partial charge in [0.25, 0.3) is 0 Å². The molecule has 0 spiro atoms. The Labute approximate surface area is 139 Å². The van der Waals surface area contributed by atoms with E-state index in [2.05, 4.69) is 15.7 Å². The summed E-state index contributed by atoms with van der Waals surface area (Å²) in [7, 11) is 1.90. The SMILES string of the molecule is Cc1nn(C)cc1C(C)NC(=S)Nc1cc(Cl)cc(Cl)c1. The third-order valence-corrected chi connectivity index (χ3v) is 3.64. The lowest BCUT2D eigenvalue weighted by Crippen LogP contribution is -2.31. The summed E-state index contributed by atoms with van der Waals surface area (Å²) in [5, 5.41) is 12.2. The third kappa shape index (κ3) is 4.33. The molecule has 0 aliphatic rings. The first kappa shape index (κ1) is 16.1. The van der Waals surface area contributed by atoms with Crippen LogP contribution in [0.4, 0.5) is 5.69 Å². The van der Waals surface area contributed by atoms with Crippen molar-refractivity contribution >= 4 is 46.2 Å². The molecule has 1 heterocycles. The van der Waals surface area contributed by atoms with E-state index in [1.807, 2.05) is 27.1 Å². The molecule has 7 heteroatoms. The van der Waals surface area contributed by atoms with Crippen molar-refractivity contribution in [3.05, 3.63) is 45.7 Å². The van der Waals surface area contributed by atoms with Gasteiger partial charge in [-0.2, -0.15) is 5.10 Å². The molecule has 0 saturated carbocycles. The standard InChI is InChI=1S/C14H16Cl2N4S/c1-8(13-7-20(3)19-9(13)2)17-14(21)18-12-5-10(15)4-11(16)6-12/h4-8H,1-3H3,(H2,17,18,21). The topological polar surface area (TPSA) is 41.9 Å². The number of benzene rings is 1. The summed E-state index contributed by atoms with van der Waals surface area (Å²) >= 11 is 17.2. The third-order valence-electron chi connectivity index (χ3n) is 2.99. The van der Waals surface area contributed by atoms with Crippen molar-refractivity contribution in [2.75, 3.05) is 5.32 Å². The van der Waals surface area contributed by atoms with E-state index in [9.17, 15) is 0 Å². The van der Waals surface area contributed by atoms with Gasteiger partial charge in [0.05, 0.1) is 11.7 Å². The largest absolute Gasteiger partial charge is 0.356 e. The Balaban J connectivity index is 2.03. The second kappa shape index (κ2) is 6.64. The number of thiocarbonyl (C=S) groups is 1. The zero-order valence-corrected chi connectivity index (χ0v) is 14.3. The Morgan fingerprint density at radius 1 is 1.29 bits per heavy atom. The number of aryl methyl sites for hydroxylation is 2. The summed E-state index contributed by atoms with van der Waals surface area (Å²) in [4.78, 5) is 0. The fourth-order valence-electron chi connectivity index (χ4n) is 2.11. The van der Waals surface area contributed by atoms with E-state index < -0.39 is 0 Å². The first-order valence-electron chi connectivity index (χ1n) is 6.39. The number of nitrogens with one attached hydrogen (secondary N) is 2. The Kier molecular flexibility index (Phi) is 5.08. The average molecular weight is 343 g/mol. The van der Waals surface area contributed by atoms with Gasteiger partial charge in [0.2, 0.25) is 0 Å². The molecule has 4 nitrogen and oxygen atoms in total. The molecule has 2 aromatic rings. The van der Waals surface area contributed by atoms with E-state index in [0.717, 1.165) is 16.9 Å². The van der Waals surface area contributed by atoms with Crippen molar-refractivity contribution in [3.63, 3.8) is 0 Å². The predicted octanol–water partition coefficient (Wildman–Crippen LogP) is 4.08. The van der Waals surface area contributed by atoms with Crippen molar-refractivity contribution in [1.82, 2.24) is 15.1 Å². The number of hydrogen-bond donors (Lipinski definition) is 2. The number of halogens is 2. The number of aromatic nitrogens is 2. The quantitative estimate of drug-likeness (QED) is 0.824. The number of nitrogens with zero attached hydrogens (tertiary/aromatic N) is 2. The first-order chi connectivity index (χ1) is 9.85. The van der Waals surface area contributed by atoms with Gasteiger partial charge in [-0.25, -0.2) is 0 Å². The van der Waals surface area contributed by atoms with Crippen LogP contribution in [-0.4, -0.2) is 14.9 Å². The van der Waals surface area contributed by atoms with Gasteiger partial charge in [0.15, 0.2) is 5.11 Å². The molecule has 0 amide bonds. The van der Waals surface area contributed by atoms with Crippen LogP contribution in [0.3, 0.4) is 0 Å². The van der Waals surface area contributed by atoms with Crippen molar-refractivity contribution in [2.24, 2.45) is 7.05 Å². The minimum atomic E-state index is 0.0494. The Morgan fingerprint density at radius 3 is 2.43 bits per heavy atom. The van der Waals surface area contributed by atoms with Gasteiger partial charge in [-0.15, -0.1) is 0 Å². The minimum Gasteiger partial charge on any atom is -0.356 e. The fourth-order valence-corrected chi connectivity index (χ4v) is 2.93. The Hall–Kier alpha value is -1.30. The lowest BCUT2D eigenvalue weighted by Gasteiger charge is -2.17. The molecule has 0 radical (unpaired) electrons. The molecule has 0 aliphatic carbocycles.